The molecule has 3 aromatic carbocycles. The van der Waals surface area contributed by atoms with Crippen molar-refractivity contribution in [3.63, 3.8) is 0 Å². The molecule has 0 saturated carbocycles. The molecule has 0 aliphatic heterocycles. The fraction of sp³-hybridized carbons (Fsp3) is 0.308. The van der Waals surface area contributed by atoms with Gasteiger partial charge in [-0.05, 0) is 73.0 Å². The van der Waals surface area contributed by atoms with Gasteiger partial charge in [-0.1, -0.05) is 29.8 Å². The highest BCUT2D eigenvalue weighted by Gasteiger charge is 2.13. The van der Waals surface area contributed by atoms with Crippen molar-refractivity contribution >= 4 is 11.6 Å². The molecule has 7 heteroatoms. The number of halogens is 2. The molecule has 0 radical (unpaired) electrons. The van der Waals surface area contributed by atoms with Crippen LogP contribution in [0.5, 0.6) is 23.0 Å². The van der Waals surface area contributed by atoms with Crippen LogP contribution in [-0.2, 0) is 19.6 Å². The van der Waals surface area contributed by atoms with Crippen molar-refractivity contribution < 1.29 is 23.3 Å². The van der Waals surface area contributed by atoms with E-state index in [4.69, 9.17) is 30.5 Å². The monoisotopic (exact) mass is 473 g/mol. The van der Waals surface area contributed by atoms with Gasteiger partial charge in [0.25, 0.3) is 0 Å². The fourth-order valence-corrected chi connectivity index (χ4v) is 3.65. The van der Waals surface area contributed by atoms with E-state index in [0.717, 1.165) is 35.4 Å². The molecule has 3 aromatic rings. The van der Waals surface area contributed by atoms with Gasteiger partial charge < -0.3 is 24.3 Å². The molecule has 0 saturated heterocycles. The van der Waals surface area contributed by atoms with Crippen molar-refractivity contribution in [1.82, 2.24) is 5.32 Å². The third-order valence-corrected chi connectivity index (χ3v) is 5.31. The van der Waals surface area contributed by atoms with Gasteiger partial charge in [0.05, 0.1) is 25.8 Å². The van der Waals surface area contributed by atoms with E-state index < -0.39 is 0 Å². The lowest BCUT2D eigenvalue weighted by Gasteiger charge is -2.16. The van der Waals surface area contributed by atoms with Gasteiger partial charge in [0, 0.05) is 6.54 Å². The Bertz CT molecular complexity index is 1040. The Morgan fingerprint density at radius 1 is 0.818 bits per heavy atom. The second kappa shape index (κ2) is 12.3. The summed E-state index contributed by atoms with van der Waals surface area (Å²) < 4.78 is 35.4. The first-order chi connectivity index (χ1) is 16.0. The number of hydrogen-bond donors (Lipinski definition) is 1. The lowest BCUT2D eigenvalue weighted by atomic mass is 10.1. The Morgan fingerprint density at radius 2 is 1.52 bits per heavy atom. The molecule has 0 aliphatic carbocycles. The molecule has 0 fully saturated rings. The van der Waals surface area contributed by atoms with Crippen molar-refractivity contribution in [2.24, 2.45) is 0 Å². The zero-order valence-electron chi connectivity index (χ0n) is 19.1. The van der Waals surface area contributed by atoms with Crippen LogP contribution in [0.3, 0.4) is 0 Å². The molecule has 0 aliphatic rings. The Balaban J connectivity index is 1.59. The second-order valence-corrected chi connectivity index (χ2v) is 7.78. The molecule has 0 aromatic heterocycles. The van der Waals surface area contributed by atoms with Crippen molar-refractivity contribution in [3.8, 4) is 23.0 Å². The van der Waals surface area contributed by atoms with Crippen molar-refractivity contribution in [2.45, 2.75) is 26.5 Å². The average Bonchev–Trinajstić information content (AvgIpc) is 2.82. The second-order valence-electron chi connectivity index (χ2n) is 7.37. The van der Waals surface area contributed by atoms with Crippen LogP contribution in [0.1, 0.15) is 23.6 Å². The summed E-state index contributed by atoms with van der Waals surface area (Å²) in [6, 6.07) is 15.9. The summed E-state index contributed by atoms with van der Waals surface area (Å²) in [5.74, 6) is 2.23. The molecule has 5 nitrogen and oxygen atoms in total. The van der Waals surface area contributed by atoms with Gasteiger partial charge in [0.15, 0.2) is 23.0 Å². The first-order valence-electron chi connectivity index (χ1n) is 10.8. The Morgan fingerprint density at radius 3 is 2.21 bits per heavy atom. The van der Waals surface area contributed by atoms with Gasteiger partial charge in [0.2, 0.25) is 0 Å². The van der Waals surface area contributed by atoms with E-state index in [9.17, 15) is 4.39 Å². The van der Waals surface area contributed by atoms with E-state index in [1.165, 1.54) is 12.1 Å². The summed E-state index contributed by atoms with van der Waals surface area (Å²) >= 11 is 6.51. The average molecular weight is 474 g/mol. The minimum atomic E-state index is -0.283. The van der Waals surface area contributed by atoms with Crippen molar-refractivity contribution in [1.29, 1.82) is 0 Å². The van der Waals surface area contributed by atoms with E-state index in [2.05, 4.69) is 5.32 Å². The summed E-state index contributed by atoms with van der Waals surface area (Å²) in [6.45, 7) is 4.07. The highest BCUT2D eigenvalue weighted by Crippen LogP contribution is 2.37. The van der Waals surface area contributed by atoms with Crippen LogP contribution < -0.4 is 24.3 Å². The number of rotatable bonds is 12. The summed E-state index contributed by atoms with van der Waals surface area (Å²) in [6.07, 6.45) is 0.839. The summed E-state index contributed by atoms with van der Waals surface area (Å²) in [5.41, 5.74) is 2.98. The molecule has 0 spiro atoms. The van der Waals surface area contributed by atoms with Crippen molar-refractivity contribution in [2.75, 3.05) is 27.4 Å². The van der Waals surface area contributed by atoms with Crippen LogP contribution in [0.25, 0.3) is 0 Å². The quantitative estimate of drug-likeness (QED) is 0.336. The Labute approximate surface area is 199 Å². The lowest BCUT2D eigenvalue weighted by molar-refractivity contribution is 0.269. The summed E-state index contributed by atoms with van der Waals surface area (Å²) in [5, 5.41) is 3.90. The molecule has 0 amide bonds. The van der Waals surface area contributed by atoms with Gasteiger partial charge in [0.1, 0.15) is 12.4 Å². The Kier molecular flexibility index (Phi) is 9.22. The lowest BCUT2D eigenvalue weighted by Crippen LogP contribution is -2.17. The number of ether oxygens (including phenoxy) is 4. The molecule has 33 heavy (non-hydrogen) atoms. The predicted molar refractivity (Wildman–Crippen MR) is 128 cm³/mol. The molecular weight excluding hydrogens is 445 g/mol. The maximum absolute atomic E-state index is 13.1. The number of hydrogen-bond acceptors (Lipinski definition) is 5. The standard InChI is InChI=1S/C26H29ClFNO4/c1-4-32-25-15-20(13-22(27)26(25)33-17-19-5-8-21(28)9-6-19)16-29-12-11-18-7-10-23(30-2)24(14-18)31-3/h5-10,13-15,29H,4,11-12,16-17H2,1-3H3. The van der Waals surface area contributed by atoms with Gasteiger partial charge in [-0.3, -0.25) is 0 Å². The SMILES string of the molecule is CCOc1cc(CNCCc2ccc(OC)c(OC)c2)cc(Cl)c1OCc1ccc(F)cc1. The van der Waals surface area contributed by atoms with Crippen LogP contribution in [-0.4, -0.2) is 27.4 Å². The van der Waals surface area contributed by atoms with Crippen molar-refractivity contribution in [3.05, 3.63) is 82.1 Å². The maximum Gasteiger partial charge on any atom is 0.180 e. The minimum absolute atomic E-state index is 0.267. The van der Waals surface area contributed by atoms with Gasteiger partial charge in [-0.25, -0.2) is 4.39 Å². The highest BCUT2D eigenvalue weighted by atomic mass is 35.5. The minimum Gasteiger partial charge on any atom is -0.493 e. The molecular formula is C26H29ClFNO4. The first-order valence-corrected chi connectivity index (χ1v) is 11.2. The number of methoxy groups -OCH3 is 2. The van der Waals surface area contributed by atoms with Gasteiger partial charge in [-0.15, -0.1) is 0 Å². The smallest absolute Gasteiger partial charge is 0.180 e. The Hall–Kier alpha value is -2.96. The maximum atomic E-state index is 13.1. The molecule has 3 rings (SSSR count). The van der Waals surface area contributed by atoms with E-state index in [0.29, 0.717) is 35.4 Å². The summed E-state index contributed by atoms with van der Waals surface area (Å²) in [7, 11) is 3.26. The first kappa shape index (κ1) is 24.7. The normalized spacial score (nSPS) is 10.7. The number of nitrogens with one attached hydrogen (secondary N) is 1. The molecule has 1 N–H and O–H groups in total. The predicted octanol–water partition coefficient (Wildman–Crippen LogP) is 5.81. The van der Waals surface area contributed by atoms with Crippen LogP contribution in [0.4, 0.5) is 4.39 Å². The van der Waals surface area contributed by atoms with Gasteiger partial charge in [-0.2, -0.15) is 0 Å². The fourth-order valence-electron chi connectivity index (χ4n) is 3.36. The van der Waals surface area contributed by atoms with Crippen LogP contribution in [0, 0.1) is 5.82 Å². The van der Waals surface area contributed by atoms with Crippen LogP contribution >= 0.6 is 11.6 Å². The zero-order valence-corrected chi connectivity index (χ0v) is 19.9. The van der Waals surface area contributed by atoms with Crippen LogP contribution in [0.15, 0.2) is 54.6 Å². The molecule has 0 heterocycles. The molecule has 0 unspecified atom stereocenters. The highest BCUT2D eigenvalue weighted by molar-refractivity contribution is 6.32. The third-order valence-electron chi connectivity index (χ3n) is 5.03. The summed E-state index contributed by atoms with van der Waals surface area (Å²) in [4.78, 5) is 0. The molecule has 0 bridgehead atoms. The largest absolute Gasteiger partial charge is 0.493 e. The zero-order chi connectivity index (χ0) is 23.6. The molecule has 176 valence electrons. The third kappa shape index (κ3) is 7.01. The topological polar surface area (TPSA) is 49.0 Å². The number of benzene rings is 3. The van der Waals surface area contributed by atoms with E-state index >= 15 is 0 Å². The van der Waals surface area contributed by atoms with E-state index in [-0.39, 0.29) is 12.4 Å². The van der Waals surface area contributed by atoms with E-state index in [1.807, 2.05) is 37.3 Å². The van der Waals surface area contributed by atoms with Crippen LogP contribution in [0.2, 0.25) is 5.02 Å². The molecule has 0 atom stereocenters. The van der Waals surface area contributed by atoms with E-state index in [1.54, 1.807) is 26.4 Å². The van der Waals surface area contributed by atoms with Gasteiger partial charge >= 0.3 is 0 Å².